The quantitative estimate of drug-likeness (QED) is 0.761. The molecule has 1 amide bonds. The summed E-state index contributed by atoms with van der Waals surface area (Å²) in [6.45, 7) is 2.32. The molecule has 3 aromatic rings. The number of para-hydroxylation sites is 1. The zero-order valence-corrected chi connectivity index (χ0v) is 14.9. The van der Waals surface area contributed by atoms with E-state index in [9.17, 15) is 4.79 Å². The van der Waals surface area contributed by atoms with Gasteiger partial charge in [0.15, 0.2) is 0 Å². The standard InChI is InChI=1S/C21H23N3O2/c1-26-17-8-6-15(7-9-17)20-14-22-10-11-24(20)21(25)12-16-13-23-19-5-3-2-4-18(16)19/h2-9,13,20,22-23H,10-12,14H2,1H3. The lowest BCUT2D eigenvalue weighted by Crippen LogP contribution is -2.49. The number of nitrogens with zero attached hydrogens (tertiary/aromatic N) is 1. The molecule has 1 fully saturated rings. The van der Waals surface area contributed by atoms with Gasteiger partial charge in [-0.3, -0.25) is 4.79 Å². The Hall–Kier alpha value is -2.79. The number of ether oxygens (including phenoxy) is 1. The number of aromatic amines is 1. The molecule has 1 atom stereocenters. The second kappa shape index (κ2) is 7.22. The molecule has 0 spiro atoms. The number of aromatic nitrogens is 1. The molecule has 5 heteroatoms. The number of hydrogen-bond donors (Lipinski definition) is 2. The summed E-state index contributed by atoms with van der Waals surface area (Å²) in [5.74, 6) is 0.992. The molecule has 0 bridgehead atoms. The predicted molar refractivity (Wildman–Crippen MR) is 102 cm³/mol. The number of carbonyl (C=O) groups excluding carboxylic acids is 1. The average Bonchev–Trinajstić information content (AvgIpc) is 3.11. The van der Waals surface area contributed by atoms with Crippen LogP contribution in [0.2, 0.25) is 0 Å². The number of carbonyl (C=O) groups is 1. The number of benzene rings is 2. The molecule has 1 aliphatic heterocycles. The Morgan fingerprint density at radius 1 is 1.19 bits per heavy atom. The van der Waals surface area contributed by atoms with Crippen molar-refractivity contribution in [1.82, 2.24) is 15.2 Å². The van der Waals surface area contributed by atoms with Gasteiger partial charge in [-0.05, 0) is 29.3 Å². The molecule has 134 valence electrons. The Morgan fingerprint density at radius 3 is 2.81 bits per heavy atom. The van der Waals surface area contributed by atoms with E-state index in [0.29, 0.717) is 6.42 Å². The van der Waals surface area contributed by atoms with Crippen molar-refractivity contribution in [3.8, 4) is 5.75 Å². The Kier molecular flexibility index (Phi) is 4.63. The van der Waals surface area contributed by atoms with E-state index in [2.05, 4.69) is 16.4 Å². The van der Waals surface area contributed by atoms with Gasteiger partial charge in [0.05, 0.1) is 19.6 Å². The molecule has 1 saturated heterocycles. The molecule has 0 aliphatic carbocycles. The maximum absolute atomic E-state index is 13.1. The molecule has 26 heavy (non-hydrogen) atoms. The van der Waals surface area contributed by atoms with Crippen LogP contribution < -0.4 is 10.1 Å². The number of methoxy groups -OCH3 is 1. The van der Waals surface area contributed by atoms with Crippen LogP contribution in [0.1, 0.15) is 17.2 Å². The Morgan fingerprint density at radius 2 is 2.00 bits per heavy atom. The summed E-state index contributed by atoms with van der Waals surface area (Å²) in [6.07, 6.45) is 2.36. The number of amides is 1. The van der Waals surface area contributed by atoms with Gasteiger partial charge < -0.3 is 19.9 Å². The molecule has 1 aliphatic rings. The molecule has 0 saturated carbocycles. The summed E-state index contributed by atoms with van der Waals surface area (Å²) < 4.78 is 5.24. The van der Waals surface area contributed by atoms with Gasteiger partial charge >= 0.3 is 0 Å². The minimum atomic E-state index is 0.0485. The van der Waals surface area contributed by atoms with Crippen LogP contribution in [-0.4, -0.2) is 42.5 Å². The molecule has 4 rings (SSSR count). The largest absolute Gasteiger partial charge is 0.497 e. The third-order valence-electron chi connectivity index (χ3n) is 5.08. The number of fused-ring (bicyclic) bond motifs is 1. The number of H-pyrrole nitrogens is 1. The lowest BCUT2D eigenvalue weighted by Gasteiger charge is -2.36. The van der Waals surface area contributed by atoms with Gasteiger partial charge in [-0.2, -0.15) is 0 Å². The highest BCUT2D eigenvalue weighted by molar-refractivity contribution is 5.89. The van der Waals surface area contributed by atoms with Crippen LogP contribution in [0.15, 0.2) is 54.7 Å². The van der Waals surface area contributed by atoms with Crippen molar-refractivity contribution in [2.75, 3.05) is 26.7 Å². The maximum Gasteiger partial charge on any atom is 0.227 e. The van der Waals surface area contributed by atoms with Crippen LogP contribution in [0.3, 0.4) is 0 Å². The van der Waals surface area contributed by atoms with E-state index >= 15 is 0 Å². The van der Waals surface area contributed by atoms with Crippen molar-refractivity contribution in [1.29, 1.82) is 0 Å². The monoisotopic (exact) mass is 349 g/mol. The molecule has 0 radical (unpaired) electrons. The van der Waals surface area contributed by atoms with Crippen LogP contribution in [0.5, 0.6) is 5.75 Å². The summed E-state index contributed by atoms with van der Waals surface area (Å²) in [5.41, 5.74) is 3.25. The first-order valence-corrected chi connectivity index (χ1v) is 8.95. The molecule has 2 N–H and O–H groups in total. The van der Waals surface area contributed by atoms with Crippen molar-refractivity contribution >= 4 is 16.8 Å². The molecule has 5 nitrogen and oxygen atoms in total. The fourth-order valence-corrected chi connectivity index (χ4v) is 3.67. The number of piperazine rings is 1. The zero-order valence-electron chi connectivity index (χ0n) is 14.9. The van der Waals surface area contributed by atoms with Crippen LogP contribution in [-0.2, 0) is 11.2 Å². The first kappa shape index (κ1) is 16.7. The van der Waals surface area contributed by atoms with E-state index in [1.807, 2.05) is 53.6 Å². The lowest BCUT2D eigenvalue weighted by molar-refractivity contribution is -0.133. The minimum Gasteiger partial charge on any atom is -0.497 e. The fourth-order valence-electron chi connectivity index (χ4n) is 3.67. The first-order chi connectivity index (χ1) is 12.8. The predicted octanol–water partition coefficient (Wildman–Crippen LogP) is 2.89. The summed E-state index contributed by atoms with van der Waals surface area (Å²) in [6, 6.07) is 16.1. The van der Waals surface area contributed by atoms with Gasteiger partial charge in [0.2, 0.25) is 5.91 Å². The summed E-state index contributed by atoms with van der Waals surface area (Å²) in [5, 5.41) is 4.53. The third-order valence-corrected chi connectivity index (χ3v) is 5.08. The van der Waals surface area contributed by atoms with E-state index in [1.165, 1.54) is 0 Å². The normalized spacial score (nSPS) is 17.4. The van der Waals surface area contributed by atoms with Crippen molar-refractivity contribution in [3.05, 3.63) is 65.9 Å². The smallest absolute Gasteiger partial charge is 0.227 e. The molecular weight excluding hydrogens is 326 g/mol. The SMILES string of the molecule is COc1ccc(C2CNCCN2C(=O)Cc2c[nH]c3ccccc23)cc1. The minimum absolute atomic E-state index is 0.0485. The molecule has 1 unspecified atom stereocenters. The highest BCUT2D eigenvalue weighted by atomic mass is 16.5. The van der Waals surface area contributed by atoms with Crippen LogP contribution >= 0.6 is 0 Å². The third kappa shape index (κ3) is 3.18. The number of hydrogen-bond acceptors (Lipinski definition) is 3. The topological polar surface area (TPSA) is 57.4 Å². The molecule has 2 aromatic carbocycles. The second-order valence-corrected chi connectivity index (χ2v) is 6.62. The van der Waals surface area contributed by atoms with Crippen LogP contribution in [0.25, 0.3) is 10.9 Å². The van der Waals surface area contributed by atoms with Crippen LogP contribution in [0.4, 0.5) is 0 Å². The Labute approximate surface area is 153 Å². The van der Waals surface area contributed by atoms with Gasteiger partial charge in [0, 0.05) is 36.7 Å². The van der Waals surface area contributed by atoms with Crippen molar-refractivity contribution in [2.45, 2.75) is 12.5 Å². The van der Waals surface area contributed by atoms with E-state index in [1.54, 1.807) is 7.11 Å². The fraction of sp³-hybridized carbons (Fsp3) is 0.286. The van der Waals surface area contributed by atoms with Gasteiger partial charge in [-0.15, -0.1) is 0 Å². The lowest BCUT2D eigenvalue weighted by atomic mass is 10.0. The van der Waals surface area contributed by atoms with E-state index in [0.717, 1.165) is 47.4 Å². The summed E-state index contributed by atoms with van der Waals surface area (Å²) in [7, 11) is 1.66. The highest BCUT2D eigenvalue weighted by Gasteiger charge is 2.28. The van der Waals surface area contributed by atoms with Gasteiger partial charge in [-0.1, -0.05) is 30.3 Å². The van der Waals surface area contributed by atoms with E-state index in [4.69, 9.17) is 4.74 Å². The zero-order chi connectivity index (χ0) is 17.9. The Bertz CT molecular complexity index is 901. The van der Waals surface area contributed by atoms with E-state index < -0.39 is 0 Å². The van der Waals surface area contributed by atoms with Gasteiger partial charge in [-0.25, -0.2) is 0 Å². The molecule has 1 aromatic heterocycles. The highest BCUT2D eigenvalue weighted by Crippen LogP contribution is 2.26. The maximum atomic E-state index is 13.1. The van der Waals surface area contributed by atoms with Crippen molar-refractivity contribution < 1.29 is 9.53 Å². The average molecular weight is 349 g/mol. The van der Waals surface area contributed by atoms with E-state index in [-0.39, 0.29) is 11.9 Å². The number of rotatable bonds is 4. The van der Waals surface area contributed by atoms with Gasteiger partial charge in [0.1, 0.15) is 5.75 Å². The first-order valence-electron chi connectivity index (χ1n) is 8.95. The second-order valence-electron chi connectivity index (χ2n) is 6.62. The van der Waals surface area contributed by atoms with Crippen molar-refractivity contribution in [3.63, 3.8) is 0 Å². The Balaban J connectivity index is 1.56. The number of nitrogens with one attached hydrogen (secondary N) is 2. The van der Waals surface area contributed by atoms with Crippen molar-refractivity contribution in [2.24, 2.45) is 0 Å². The summed E-state index contributed by atoms with van der Waals surface area (Å²) in [4.78, 5) is 18.3. The summed E-state index contributed by atoms with van der Waals surface area (Å²) >= 11 is 0. The van der Waals surface area contributed by atoms with Crippen LogP contribution in [0, 0.1) is 0 Å². The molecular formula is C21H23N3O2. The van der Waals surface area contributed by atoms with Gasteiger partial charge in [0.25, 0.3) is 0 Å². The molecule has 2 heterocycles.